The molecular weight excluding hydrogens is 390 g/mol. The third kappa shape index (κ3) is 2.78. The molecule has 0 unspecified atom stereocenters. The number of thiocarbonyl (C=S) groups is 1. The summed E-state index contributed by atoms with van der Waals surface area (Å²) in [6.07, 6.45) is 1.92. The van der Waals surface area contributed by atoms with Crippen molar-refractivity contribution in [3.63, 3.8) is 0 Å². The van der Waals surface area contributed by atoms with E-state index in [4.69, 9.17) is 12.2 Å². The van der Waals surface area contributed by atoms with E-state index in [0.717, 1.165) is 46.1 Å². The number of benzene rings is 1. The number of urea groups is 1. The van der Waals surface area contributed by atoms with Gasteiger partial charge in [-0.05, 0) is 62.2 Å². The van der Waals surface area contributed by atoms with E-state index in [1.54, 1.807) is 0 Å². The van der Waals surface area contributed by atoms with Crippen LogP contribution in [0.3, 0.4) is 0 Å². The molecule has 2 saturated heterocycles. The van der Waals surface area contributed by atoms with Crippen LogP contribution in [0.2, 0.25) is 0 Å². The predicted molar refractivity (Wildman–Crippen MR) is 114 cm³/mol. The van der Waals surface area contributed by atoms with Crippen molar-refractivity contribution < 1.29 is 14.4 Å². The van der Waals surface area contributed by atoms with E-state index in [-0.39, 0.29) is 12.5 Å². The van der Waals surface area contributed by atoms with Crippen molar-refractivity contribution in [2.45, 2.75) is 32.2 Å². The maximum atomic E-state index is 13.4. The molecule has 4 rings (SSSR count). The normalized spacial score (nSPS) is 22.7. The highest BCUT2D eigenvalue weighted by molar-refractivity contribution is 7.80. The van der Waals surface area contributed by atoms with Crippen molar-refractivity contribution >= 4 is 46.6 Å². The molecule has 0 saturated carbocycles. The van der Waals surface area contributed by atoms with Gasteiger partial charge in [0.15, 0.2) is 10.5 Å². The summed E-state index contributed by atoms with van der Waals surface area (Å²) in [5.74, 6) is -0.815. The molecule has 1 atom stereocenters. The van der Waals surface area contributed by atoms with E-state index in [1.165, 1.54) is 14.1 Å². The fraction of sp³-hybridized carbons (Fsp3) is 0.500. The van der Waals surface area contributed by atoms with Gasteiger partial charge in [0.1, 0.15) is 0 Å². The standard InChI is InChI=1S/C20H25N5O3S/c1-4-21-18(29)22-13-7-8-14-12(10-13)11-20(15-6-5-9-25(14)15)16(26)23(2)19(28)24(3)17(20)27/h7-8,10,15H,4-6,9,11H2,1-3H3,(H2,21,22,29)/t15-/m1/s1. The van der Waals surface area contributed by atoms with Crippen molar-refractivity contribution in [1.82, 2.24) is 15.1 Å². The van der Waals surface area contributed by atoms with Gasteiger partial charge in [0.2, 0.25) is 11.8 Å². The van der Waals surface area contributed by atoms with Crippen molar-refractivity contribution in [3.8, 4) is 0 Å². The Labute approximate surface area is 175 Å². The molecule has 0 bridgehead atoms. The number of imide groups is 2. The number of amides is 4. The van der Waals surface area contributed by atoms with Crippen LogP contribution in [0.5, 0.6) is 0 Å². The van der Waals surface area contributed by atoms with Crippen LogP contribution in [0.15, 0.2) is 18.2 Å². The Kier molecular flexibility index (Phi) is 4.72. The summed E-state index contributed by atoms with van der Waals surface area (Å²) in [6.45, 7) is 3.46. The minimum absolute atomic E-state index is 0.241. The molecule has 3 aliphatic heterocycles. The van der Waals surface area contributed by atoms with Crippen molar-refractivity contribution in [1.29, 1.82) is 0 Å². The highest BCUT2D eigenvalue weighted by Crippen LogP contribution is 2.49. The number of hydrogen-bond donors (Lipinski definition) is 2. The molecule has 29 heavy (non-hydrogen) atoms. The molecule has 0 aliphatic carbocycles. The van der Waals surface area contributed by atoms with Gasteiger partial charge in [0, 0.05) is 38.6 Å². The topological polar surface area (TPSA) is 85.0 Å². The molecule has 0 aromatic heterocycles. The van der Waals surface area contributed by atoms with Gasteiger partial charge >= 0.3 is 6.03 Å². The lowest BCUT2D eigenvalue weighted by molar-refractivity contribution is -0.159. The van der Waals surface area contributed by atoms with Gasteiger partial charge in [-0.3, -0.25) is 19.4 Å². The lowest BCUT2D eigenvalue weighted by Gasteiger charge is -2.50. The summed E-state index contributed by atoms with van der Waals surface area (Å²) in [5.41, 5.74) is 1.48. The first kappa shape index (κ1) is 19.6. The fourth-order valence-electron chi connectivity index (χ4n) is 4.93. The largest absolute Gasteiger partial charge is 0.367 e. The first-order valence-corrected chi connectivity index (χ1v) is 10.3. The number of carbonyl (C=O) groups is 3. The summed E-state index contributed by atoms with van der Waals surface area (Å²) in [6, 6.07) is 5.12. The van der Waals surface area contributed by atoms with E-state index in [9.17, 15) is 14.4 Å². The van der Waals surface area contributed by atoms with E-state index in [0.29, 0.717) is 11.7 Å². The maximum absolute atomic E-state index is 13.4. The Morgan fingerprint density at radius 2 is 1.90 bits per heavy atom. The number of rotatable bonds is 2. The number of carbonyl (C=O) groups excluding carboxylic acids is 3. The quantitative estimate of drug-likeness (QED) is 0.560. The van der Waals surface area contributed by atoms with E-state index in [1.807, 2.05) is 25.1 Å². The molecule has 1 spiro atoms. The Hall–Kier alpha value is -2.68. The molecule has 3 aliphatic rings. The van der Waals surface area contributed by atoms with Gasteiger partial charge in [-0.2, -0.15) is 0 Å². The van der Waals surface area contributed by atoms with Gasteiger partial charge in [-0.25, -0.2) is 4.79 Å². The Bertz CT molecular complexity index is 893. The second-order valence-electron chi connectivity index (χ2n) is 7.84. The molecule has 9 heteroatoms. The van der Waals surface area contributed by atoms with Crippen LogP contribution < -0.4 is 15.5 Å². The first-order valence-electron chi connectivity index (χ1n) is 9.86. The summed E-state index contributed by atoms with van der Waals surface area (Å²) >= 11 is 5.27. The molecule has 8 nitrogen and oxygen atoms in total. The molecule has 2 N–H and O–H groups in total. The second kappa shape index (κ2) is 6.98. The fourth-order valence-corrected chi connectivity index (χ4v) is 5.19. The number of nitrogens with zero attached hydrogens (tertiary/aromatic N) is 3. The van der Waals surface area contributed by atoms with Gasteiger partial charge in [-0.15, -0.1) is 0 Å². The zero-order chi connectivity index (χ0) is 20.9. The second-order valence-corrected chi connectivity index (χ2v) is 8.25. The zero-order valence-electron chi connectivity index (χ0n) is 16.8. The average molecular weight is 416 g/mol. The number of barbiturate groups is 1. The van der Waals surface area contributed by atoms with Crippen LogP contribution in [-0.4, -0.2) is 66.0 Å². The Morgan fingerprint density at radius 1 is 1.21 bits per heavy atom. The minimum atomic E-state index is -1.28. The minimum Gasteiger partial charge on any atom is -0.367 e. The van der Waals surface area contributed by atoms with Crippen molar-refractivity contribution in [2.24, 2.45) is 5.41 Å². The monoisotopic (exact) mass is 415 g/mol. The van der Waals surface area contributed by atoms with Gasteiger partial charge in [0.05, 0.1) is 6.04 Å². The third-order valence-corrected chi connectivity index (χ3v) is 6.47. The molecule has 2 fully saturated rings. The molecule has 0 radical (unpaired) electrons. The SMILES string of the molecule is CCNC(=S)Nc1ccc2c(c1)CC1(C(=O)N(C)C(=O)N(C)C1=O)[C@H]1CCCN21. The van der Waals surface area contributed by atoms with Crippen molar-refractivity contribution in [2.75, 3.05) is 37.4 Å². The summed E-state index contributed by atoms with van der Waals surface area (Å²) in [5, 5.41) is 6.72. The number of fused-ring (bicyclic) bond motifs is 4. The summed E-state index contributed by atoms with van der Waals surface area (Å²) in [7, 11) is 2.91. The lowest BCUT2D eigenvalue weighted by atomic mass is 9.68. The molecular formula is C20H25N5O3S. The van der Waals surface area contributed by atoms with Gasteiger partial charge in [0.25, 0.3) is 0 Å². The van der Waals surface area contributed by atoms with Gasteiger partial charge < -0.3 is 15.5 Å². The number of hydrogen-bond acceptors (Lipinski definition) is 5. The third-order valence-electron chi connectivity index (χ3n) is 6.22. The summed E-state index contributed by atoms with van der Waals surface area (Å²) < 4.78 is 0. The zero-order valence-corrected chi connectivity index (χ0v) is 17.6. The van der Waals surface area contributed by atoms with E-state index >= 15 is 0 Å². The first-order chi connectivity index (χ1) is 13.8. The highest BCUT2D eigenvalue weighted by atomic mass is 32.1. The lowest BCUT2D eigenvalue weighted by Crippen LogP contribution is -2.70. The predicted octanol–water partition coefficient (Wildman–Crippen LogP) is 1.55. The number of anilines is 2. The average Bonchev–Trinajstić information content (AvgIpc) is 3.20. The van der Waals surface area contributed by atoms with Crippen molar-refractivity contribution in [3.05, 3.63) is 23.8 Å². The van der Waals surface area contributed by atoms with Crippen LogP contribution in [0.1, 0.15) is 25.3 Å². The Morgan fingerprint density at radius 3 is 2.55 bits per heavy atom. The molecule has 154 valence electrons. The number of nitrogens with one attached hydrogen (secondary N) is 2. The highest BCUT2D eigenvalue weighted by Gasteiger charge is 2.63. The van der Waals surface area contributed by atoms with Crippen LogP contribution in [0.4, 0.5) is 16.2 Å². The van der Waals surface area contributed by atoms with Crippen LogP contribution in [0, 0.1) is 5.41 Å². The smallest absolute Gasteiger partial charge is 0.332 e. The van der Waals surface area contributed by atoms with E-state index < -0.39 is 23.3 Å². The van der Waals surface area contributed by atoms with Gasteiger partial charge in [-0.1, -0.05) is 0 Å². The maximum Gasteiger partial charge on any atom is 0.332 e. The van der Waals surface area contributed by atoms with E-state index in [2.05, 4.69) is 15.5 Å². The molecule has 4 amide bonds. The molecule has 3 heterocycles. The Balaban J connectivity index is 1.78. The molecule has 1 aromatic rings. The van der Waals surface area contributed by atoms with Crippen LogP contribution in [0.25, 0.3) is 0 Å². The van der Waals surface area contributed by atoms with Crippen LogP contribution in [-0.2, 0) is 16.0 Å². The molecule has 1 aromatic carbocycles. The summed E-state index contributed by atoms with van der Waals surface area (Å²) in [4.78, 5) is 43.4. The van der Waals surface area contributed by atoms with Crippen LogP contribution >= 0.6 is 12.2 Å².